The van der Waals surface area contributed by atoms with E-state index >= 15 is 0 Å². The number of hydrogen-bond donors (Lipinski definition) is 4. The van der Waals surface area contributed by atoms with Gasteiger partial charge in [0.05, 0.1) is 22.7 Å². The van der Waals surface area contributed by atoms with E-state index in [1.807, 2.05) is 0 Å². The molecule has 1 aliphatic carbocycles. The highest BCUT2D eigenvalue weighted by molar-refractivity contribution is 7.89. The molecule has 1 aromatic carbocycles. The van der Waals surface area contributed by atoms with Crippen molar-refractivity contribution in [2.24, 2.45) is 11.7 Å². The van der Waals surface area contributed by atoms with Crippen LogP contribution < -0.4 is 15.8 Å². The van der Waals surface area contributed by atoms with Crippen LogP contribution in [0.4, 0.5) is 10.5 Å². The van der Waals surface area contributed by atoms with Crippen LogP contribution in [-0.2, 0) is 10.0 Å². The maximum atomic E-state index is 12.8. The average Bonchev–Trinajstić information content (AvgIpc) is 2.58. The maximum absolute atomic E-state index is 12.8. The molecule has 138 valence electrons. The van der Waals surface area contributed by atoms with Crippen LogP contribution in [0, 0.1) is 5.92 Å². The van der Waals surface area contributed by atoms with Crippen molar-refractivity contribution in [2.45, 2.75) is 29.9 Å². The number of aromatic nitrogens is 1. The first-order valence-electron chi connectivity index (χ1n) is 8.13. The molecule has 0 saturated heterocycles. The van der Waals surface area contributed by atoms with Gasteiger partial charge in [-0.1, -0.05) is 6.07 Å². The summed E-state index contributed by atoms with van der Waals surface area (Å²) in [6.07, 6.45) is 2.24. The number of nitrogens with one attached hydrogen (secondary N) is 2. The lowest BCUT2D eigenvalue weighted by Gasteiger charge is -2.37. The minimum absolute atomic E-state index is 0.0227. The van der Waals surface area contributed by atoms with E-state index in [0.29, 0.717) is 24.2 Å². The average molecular weight is 376 g/mol. The van der Waals surface area contributed by atoms with Crippen molar-refractivity contribution in [2.75, 3.05) is 5.32 Å². The van der Waals surface area contributed by atoms with Crippen LogP contribution in [0.25, 0.3) is 0 Å². The Bertz CT molecular complexity index is 865. The third kappa shape index (κ3) is 4.18. The molecule has 0 aliphatic heterocycles. The van der Waals surface area contributed by atoms with Gasteiger partial charge < -0.3 is 16.2 Å². The van der Waals surface area contributed by atoms with E-state index in [1.165, 1.54) is 24.3 Å². The Hall–Kier alpha value is -2.49. The quantitative estimate of drug-likeness (QED) is 0.604. The molecule has 0 radical (unpaired) electrons. The van der Waals surface area contributed by atoms with Crippen molar-refractivity contribution >= 4 is 21.7 Å². The first kappa shape index (κ1) is 18.3. The largest absolute Gasteiger partial charge is 0.393 e. The monoisotopic (exact) mass is 376 g/mol. The molecule has 1 heterocycles. The number of benzene rings is 1. The fourth-order valence-corrected chi connectivity index (χ4v) is 4.23. The summed E-state index contributed by atoms with van der Waals surface area (Å²) in [7, 11) is -3.81. The van der Waals surface area contributed by atoms with Crippen LogP contribution in [0.2, 0.25) is 0 Å². The van der Waals surface area contributed by atoms with Gasteiger partial charge in [-0.25, -0.2) is 17.9 Å². The summed E-state index contributed by atoms with van der Waals surface area (Å²) in [5, 5.41) is 12.0. The van der Waals surface area contributed by atoms with Crippen LogP contribution in [-0.4, -0.2) is 30.6 Å². The standard InChI is InChI=1S/C17H20N4O4S/c18-17(23)20-12-4-6-14(7-5-12)26(24,25)21-16(11-9-13(22)10-11)15-3-1-2-8-19-15/h1-8,11,13,16,21-22H,9-10H2,(H3,18,20,23)/t11?,13?,16-/m1/s1. The molecule has 3 rings (SSSR count). The summed E-state index contributed by atoms with van der Waals surface area (Å²) < 4.78 is 28.2. The number of aliphatic hydroxyl groups excluding tert-OH is 1. The summed E-state index contributed by atoms with van der Waals surface area (Å²) in [4.78, 5) is 15.2. The van der Waals surface area contributed by atoms with Gasteiger partial charge >= 0.3 is 6.03 Å². The van der Waals surface area contributed by atoms with E-state index in [0.717, 1.165) is 0 Å². The highest BCUT2D eigenvalue weighted by Crippen LogP contribution is 2.38. The molecule has 26 heavy (non-hydrogen) atoms. The number of amides is 2. The Morgan fingerprint density at radius 3 is 2.42 bits per heavy atom. The number of nitrogens with two attached hydrogens (primary N) is 1. The first-order valence-corrected chi connectivity index (χ1v) is 9.61. The third-order valence-corrected chi connectivity index (χ3v) is 5.80. The Labute approximate surface area is 151 Å². The molecule has 1 aliphatic rings. The number of carbonyl (C=O) groups is 1. The zero-order chi connectivity index (χ0) is 18.7. The zero-order valence-electron chi connectivity index (χ0n) is 13.9. The van der Waals surface area contributed by atoms with Crippen LogP contribution in [0.5, 0.6) is 0 Å². The highest BCUT2D eigenvalue weighted by atomic mass is 32.2. The SMILES string of the molecule is NC(=O)Nc1ccc(S(=O)(=O)N[C@@H](c2ccccn2)C2CC(O)C2)cc1. The molecular formula is C17H20N4O4S. The fraction of sp³-hybridized carbons (Fsp3) is 0.294. The summed E-state index contributed by atoms with van der Waals surface area (Å²) in [6, 6.07) is 9.77. The number of rotatable bonds is 6. The van der Waals surface area contributed by atoms with Gasteiger partial charge in [0, 0.05) is 11.9 Å². The van der Waals surface area contributed by atoms with Crippen molar-refractivity contribution in [3.63, 3.8) is 0 Å². The predicted octanol–water partition coefficient (Wildman–Crippen LogP) is 1.36. The smallest absolute Gasteiger partial charge is 0.316 e. The van der Waals surface area contributed by atoms with Gasteiger partial charge in [0.25, 0.3) is 0 Å². The zero-order valence-corrected chi connectivity index (χ0v) is 14.7. The van der Waals surface area contributed by atoms with E-state index in [9.17, 15) is 18.3 Å². The Morgan fingerprint density at radius 2 is 1.88 bits per heavy atom. The number of sulfonamides is 1. The van der Waals surface area contributed by atoms with Crippen LogP contribution >= 0.6 is 0 Å². The van der Waals surface area contributed by atoms with Gasteiger partial charge in [0.1, 0.15) is 0 Å². The number of urea groups is 1. The van der Waals surface area contributed by atoms with Gasteiger partial charge in [-0.15, -0.1) is 0 Å². The normalized spacial score (nSPS) is 20.8. The van der Waals surface area contributed by atoms with Crippen molar-refractivity contribution in [1.29, 1.82) is 0 Å². The summed E-state index contributed by atoms with van der Waals surface area (Å²) in [5.41, 5.74) is 6.05. The number of hydrogen-bond acceptors (Lipinski definition) is 5. The number of pyridine rings is 1. The van der Waals surface area contributed by atoms with E-state index in [2.05, 4.69) is 15.0 Å². The molecule has 0 spiro atoms. The molecule has 1 atom stereocenters. The van der Waals surface area contributed by atoms with E-state index in [4.69, 9.17) is 5.73 Å². The molecule has 0 bridgehead atoms. The van der Waals surface area contributed by atoms with E-state index < -0.39 is 28.2 Å². The molecule has 1 saturated carbocycles. The molecule has 9 heteroatoms. The fourth-order valence-electron chi connectivity index (χ4n) is 2.95. The number of nitrogens with zero attached hydrogens (tertiary/aromatic N) is 1. The minimum Gasteiger partial charge on any atom is -0.393 e. The second kappa shape index (κ2) is 7.40. The van der Waals surface area contributed by atoms with Gasteiger partial charge in [-0.05, 0) is 55.2 Å². The van der Waals surface area contributed by atoms with Crippen molar-refractivity contribution in [3.8, 4) is 0 Å². The molecular weight excluding hydrogens is 356 g/mol. The van der Waals surface area contributed by atoms with Crippen molar-refractivity contribution in [3.05, 3.63) is 54.4 Å². The highest BCUT2D eigenvalue weighted by Gasteiger charge is 2.37. The van der Waals surface area contributed by atoms with Gasteiger partial charge in [-0.3, -0.25) is 4.98 Å². The van der Waals surface area contributed by atoms with Crippen LogP contribution in [0.1, 0.15) is 24.6 Å². The van der Waals surface area contributed by atoms with Crippen LogP contribution in [0.15, 0.2) is 53.6 Å². The second-order valence-electron chi connectivity index (χ2n) is 6.25. The maximum Gasteiger partial charge on any atom is 0.316 e. The van der Waals surface area contributed by atoms with Crippen molar-refractivity contribution < 1.29 is 18.3 Å². The third-order valence-electron chi connectivity index (χ3n) is 4.34. The molecule has 1 fully saturated rings. The van der Waals surface area contributed by atoms with Gasteiger partial charge in [0.15, 0.2) is 0 Å². The molecule has 0 unspecified atom stereocenters. The Balaban J connectivity index is 1.82. The van der Waals surface area contributed by atoms with E-state index in [-0.39, 0.29) is 10.8 Å². The molecule has 5 N–H and O–H groups in total. The van der Waals surface area contributed by atoms with Gasteiger partial charge in [-0.2, -0.15) is 0 Å². The van der Waals surface area contributed by atoms with E-state index in [1.54, 1.807) is 24.4 Å². The van der Waals surface area contributed by atoms with Crippen LogP contribution in [0.3, 0.4) is 0 Å². The molecule has 2 amide bonds. The number of primary amides is 1. The lowest BCUT2D eigenvalue weighted by Crippen LogP contribution is -2.41. The first-order chi connectivity index (χ1) is 12.3. The predicted molar refractivity (Wildman–Crippen MR) is 95.7 cm³/mol. The molecule has 8 nitrogen and oxygen atoms in total. The number of carbonyl (C=O) groups excluding carboxylic acids is 1. The lowest BCUT2D eigenvalue weighted by molar-refractivity contribution is 0.0273. The molecule has 1 aromatic heterocycles. The summed E-state index contributed by atoms with van der Waals surface area (Å²) in [5.74, 6) is -0.0227. The topological polar surface area (TPSA) is 134 Å². The summed E-state index contributed by atoms with van der Waals surface area (Å²) >= 11 is 0. The Morgan fingerprint density at radius 1 is 1.19 bits per heavy atom. The van der Waals surface area contributed by atoms with Crippen molar-refractivity contribution in [1.82, 2.24) is 9.71 Å². The number of anilines is 1. The Kier molecular flexibility index (Phi) is 5.21. The lowest BCUT2D eigenvalue weighted by atomic mass is 9.76. The molecule has 2 aromatic rings. The summed E-state index contributed by atoms with van der Waals surface area (Å²) in [6.45, 7) is 0. The van der Waals surface area contributed by atoms with Gasteiger partial charge in [0.2, 0.25) is 10.0 Å². The number of aliphatic hydroxyl groups is 1. The second-order valence-corrected chi connectivity index (χ2v) is 7.97. The minimum atomic E-state index is -3.81.